The van der Waals surface area contributed by atoms with Gasteiger partial charge in [-0.2, -0.15) is 0 Å². The van der Waals surface area contributed by atoms with E-state index in [4.69, 9.17) is 10.6 Å². The lowest BCUT2D eigenvalue weighted by Gasteiger charge is -2.30. The van der Waals surface area contributed by atoms with Crippen molar-refractivity contribution < 1.29 is 19.4 Å². The van der Waals surface area contributed by atoms with Gasteiger partial charge in [0, 0.05) is 31.0 Å². The number of hydrogen-bond acceptors (Lipinski definition) is 8. The Bertz CT molecular complexity index is 1160. The molecule has 10 nitrogen and oxygen atoms in total. The third kappa shape index (κ3) is 9.13. The third-order valence-corrected chi connectivity index (χ3v) is 6.66. The number of nitrogens with zero attached hydrogens (tertiary/aromatic N) is 3. The number of nitrogens with one attached hydrogen (secondary N) is 2. The summed E-state index contributed by atoms with van der Waals surface area (Å²) < 4.78 is 4.71. The second kappa shape index (κ2) is 14.9. The molecule has 0 unspecified atom stereocenters. The Kier molecular flexibility index (Phi) is 11.4. The highest BCUT2D eigenvalue weighted by Crippen LogP contribution is 2.17. The molecular formula is C29H38N6O4. The first kappa shape index (κ1) is 29.7. The van der Waals surface area contributed by atoms with E-state index in [1.54, 1.807) is 18.6 Å². The quantitative estimate of drug-likeness (QED) is 0.194. The summed E-state index contributed by atoms with van der Waals surface area (Å²) in [7, 11) is 1.25. The predicted octanol–water partition coefficient (Wildman–Crippen LogP) is 2.68. The smallest absolute Gasteiger partial charge is 0.407 e. The minimum atomic E-state index is -0.978. The van der Waals surface area contributed by atoms with E-state index in [2.05, 4.69) is 20.6 Å². The average molecular weight is 535 g/mol. The summed E-state index contributed by atoms with van der Waals surface area (Å²) in [6.45, 7) is 4.32. The fourth-order valence-corrected chi connectivity index (χ4v) is 4.21. The van der Waals surface area contributed by atoms with E-state index in [0.717, 1.165) is 22.4 Å². The van der Waals surface area contributed by atoms with Gasteiger partial charge in [0.2, 0.25) is 5.91 Å². The summed E-state index contributed by atoms with van der Waals surface area (Å²) in [5.74, 6) is 5.76. The SMILES string of the molecule is CC[C@H](C)[C@H](NC(=O)OC)C(=O)N[C@@H](Cc1ccccc1)[C@@H](O)CN(N)Cc1ccc(-c2cnccn2)cc1. The van der Waals surface area contributed by atoms with Crippen molar-refractivity contribution in [1.82, 2.24) is 25.6 Å². The minimum Gasteiger partial charge on any atom is -0.453 e. The number of alkyl carbamates (subject to hydrolysis) is 1. The second-order valence-electron chi connectivity index (χ2n) is 9.59. The lowest BCUT2D eigenvalue weighted by molar-refractivity contribution is -0.126. The van der Waals surface area contributed by atoms with Crippen LogP contribution in [-0.2, 0) is 22.5 Å². The molecule has 1 heterocycles. The molecule has 4 atom stereocenters. The Balaban J connectivity index is 1.69. The molecule has 0 aliphatic carbocycles. The zero-order chi connectivity index (χ0) is 28.2. The van der Waals surface area contributed by atoms with E-state index in [0.29, 0.717) is 19.4 Å². The van der Waals surface area contributed by atoms with E-state index in [1.807, 2.05) is 68.4 Å². The largest absolute Gasteiger partial charge is 0.453 e. The standard InChI is InChI=1S/C29H38N6O4/c1-4-20(2)27(34-29(38)39-3)28(37)33-24(16-21-8-6-5-7-9-21)26(36)19-35(30)18-22-10-12-23(13-11-22)25-17-31-14-15-32-25/h5-15,17,20,24,26-27,36H,4,16,18-19,30H2,1-3H3,(H,33,37)(H,34,38)/t20-,24-,26-,27-/m0/s1. The number of rotatable bonds is 13. The van der Waals surface area contributed by atoms with Gasteiger partial charge in [0.1, 0.15) is 6.04 Å². The van der Waals surface area contributed by atoms with Crippen molar-refractivity contribution in [1.29, 1.82) is 0 Å². The molecule has 2 aromatic carbocycles. The fraction of sp³-hybridized carbons (Fsp3) is 0.379. The number of aromatic nitrogens is 2. The van der Waals surface area contributed by atoms with Crippen molar-refractivity contribution in [3.05, 3.63) is 84.3 Å². The summed E-state index contributed by atoms with van der Waals surface area (Å²) in [6.07, 6.45) is 4.37. The third-order valence-electron chi connectivity index (χ3n) is 6.66. The van der Waals surface area contributed by atoms with Crippen LogP contribution < -0.4 is 16.5 Å². The Morgan fingerprint density at radius 3 is 2.38 bits per heavy atom. The van der Waals surface area contributed by atoms with Gasteiger partial charge < -0.3 is 20.5 Å². The van der Waals surface area contributed by atoms with Crippen molar-refractivity contribution in [2.45, 2.75) is 51.4 Å². The Labute approximate surface area is 229 Å². The molecule has 0 fully saturated rings. The molecule has 0 aliphatic rings. The van der Waals surface area contributed by atoms with Crippen molar-refractivity contribution >= 4 is 12.0 Å². The lowest BCUT2D eigenvalue weighted by Crippen LogP contribution is -2.57. The number of carbonyl (C=O) groups excluding carboxylic acids is 2. The average Bonchev–Trinajstić information content (AvgIpc) is 2.96. The summed E-state index contributed by atoms with van der Waals surface area (Å²) in [5, 5.41) is 18.3. The maximum Gasteiger partial charge on any atom is 0.407 e. The highest BCUT2D eigenvalue weighted by atomic mass is 16.5. The van der Waals surface area contributed by atoms with Gasteiger partial charge in [-0.15, -0.1) is 0 Å². The van der Waals surface area contributed by atoms with Crippen LogP contribution >= 0.6 is 0 Å². The maximum atomic E-state index is 13.3. The van der Waals surface area contributed by atoms with Crippen LogP contribution in [0, 0.1) is 5.92 Å². The van der Waals surface area contributed by atoms with E-state index in [-0.39, 0.29) is 12.5 Å². The Hall–Kier alpha value is -3.86. The number of hydrazine groups is 1. The van der Waals surface area contributed by atoms with Gasteiger partial charge in [-0.3, -0.25) is 20.6 Å². The van der Waals surface area contributed by atoms with Gasteiger partial charge >= 0.3 is 6.09 Å². The van der Waals surface area contributed by atoms with Crippen LogP contribution in [0.3, 0.4) is 0 Å². The van der Waals surface area contributed by atoms with Crippen LogP contribution in [0.4, 0.5) is 4.79 Å². The molecule has 0 radical (unpaired) electrons. The van der Waals surface area contributed by atoms with Gasteiger partial charge in [-0.05, 0) is 23.5 Å². The number of methoxy groups -OCH3 is 1. The molecule has 0 spiro atoms. The Morgan fingerprint density at radius 1 is 1.05 bits per heavy atom. The number of nitrogens with two attached hydrogens (primary N) is 1. The molecule has 2 amide bonds. The first-order chi connectivity index (χ1) is 18.8. The van der Waals surface area contributed by atoms with Gasteiger partial charge in [0.15, 0.2) is 0 Å². The number of benzene rings is 2. The topological polar surface area (TPSA) is 143 Å². The molecule has 0 aliphatic heterocycles. The van der Waals surface area contributed by atoms with Crippen molar-refractivity contribution in [2.75, 3.05) is 13.7 Å². The lowest BCUT2D eigenvalue weighted by atomic mass is 9.96. The van der Waals surface area contributed by atoms with Crippen molar-refractivity contribution in [3.8, 4) is 11.3 Å². The summed E-state index contributed by atoms with van der Waals surface area (Å²) in [5.41, 5.74) is 3.63. The first-order valence-electron chi connectivity index (χ1n) is 13.0. The molecular weight excluding hydrogens is 496 g/mol. The number of aliphatic hydroxyl groups excluding tert-OH is 1. The first-order valence-corrected chi connectivity index (χ1v) is 13.0. The van der Waals surface area contributed by atoms with Crippen LogP contribution in [0.1, 0.15) is 31.4 Å². The van der Waals surface area contributed by atoms with E-state index in [1.165, 1.54) is 12.1 Å². The molecule has 0 bridgehead atoms. The monoisotopic (exact) mass is 534 g/mol. The molecule has 3 rings (SSSR count). The van der Waals surface area contributed by atoms with Crippen molar-refractivity contribution in [3.63, 3.8) is 0 Å². The van der Waals surface area contributed by atoms with E-state index in [9.17, 15) is 14.7 Å². The number of ether oxygens (including phenoxy) is 1. The molecule has 3 aromatic rings. The highest BCUT2D eigenvalue weighted by molar-refractivity contribution is 5.86. The van der Waals surface area contributed by atoms with Gasteiger partial charge in [-0.25, -0.2) is 9.80 Å². The zero-order valence-electron chi connectivity index (χ0n) is 22.7. The fourth-order valence-electron chi connectivity index (χ4n) is 4.21. The van der Waals surface area contributed by atoms with Crippen LogP contribution in [-0.4, -0.2) is 63.9 Å². The summed E-state index contributed by atoms with van der Waals surface area (Å²) in [4.78, 5) is 33.6. The molecule has 10 heteroatoms. The maximum absolute atomic E-state index is 13.3. The van der Waals surface area contributed by atoms with Crippen LogP contribution in [0.5, 0.6) is 0 Å². The zero-order valence-corrected chi connectivity index (χ0v) is 22.7. The minimum absolute atomic E-state index is 0.113. The second-order valence-corrected chi connectivity index (χ2v) is 9.59. The van der Waals surface area contributed by atoms with Gasteiger partial charge in [-0.1, -0.05) is 74.9 Å². The summed E-state index contributed by atoms with van der Waals surface area (Å²) in [6, 6.07) is 15.9. The van der Waals surface area contributed by atoms with E-state index >= 15 is 0 Å². The molecule has 0 saturated heterocycles. The predicted molar refractivity (Wildman–Crippen MR) is 149 cm³/mol. The molecule has 1 aromatic heterocycles. The molecule has 208 valence electrons. The van der Waals surface area contributed by atoms with Crippen LogP contribution in [0.15, 0.2) is 73.2 Å². The Morgan fingerprint density at radius 2 is 1.77 bits per heavy atom. The number of amides is 2. The van der Waals surface area contributed by atoms with E-state index < -0.39 is 30.2 Å². The number of aliphatic hydroxyl groups is 1. The highest BCUT2D eigenvalue weighted by Gasteiger charge is 2.30. The molecule has 39 heavy (non-hydrogen) atoms. The van der Waals surface area contributed by atoms with Crippen LogP contribution in [0.25, 0.3) is 11.3 Å². The number of carbonyl (C=O) groups is 2. The molecule has 0 saturated carbocycles. The summed E-state index contributed by atoms with van der Waals surface area (Å²) >= 11 is 0. The number of hydrogen-bond donors (Lipinski definition) is 4. The molecule has 5 N–H and O–H groups in total. The normalized spacial score (nSPS) is 14.2. The van der Waals surface area contributed by atoms with Gasteiger partial charge in [0.05, 0.1) is 31.1 Å². The van der Waals surface area contributed by atoms with Crippen molar-refractivity contribution in [2.24, 2.45) is 11.8 Å². The van der Waals surface area contributed by atoms with Crippen LogP contribution in [0.2, 0.25) is 0 Å². The van der Waals surface area contributed by atoms with Gasteiger partial charge in [0.25, 0.3) is 0 Å².